The Bertz CT molecular complexity index is 864. The Kier molecular flexibility index (Phi) is 5.63. The molecule has 0 aliphatic heterocycles. The van der Waals surface area contributed by atoms with Crippen LogP contribution in [0.15, 0.2) is 36.4 Å². The summed E-state index contributed by atoms with van der Waals surface area (Å²) in [6, 6.07) is 10.7. The van der Waals surface area contributed by atoms with Crippen LogP contribution in [0.4, 0.5) is 5.95 Å². The Balaban J connectivity index is 1.76. The van der Waals surface area contributed by atoms with E-state index in [4.69, 9.17) is 39.5 Å². The van der Waals surface area contributed by atoms with Gasteiger partial charge in [0.2, 0.25) is 5.95 Å². The number of benzene rings is 2. The van der Waals surface area contributed by atoms with Crippen molar-refractivity contribution in [1.82, 2.24) is 20.2 Å². The first-order chi connectivity index (χ1) is 12.0. The van der Waals surface area contributed by atoms with Crippen molar-refractivity contribution in [3.63, 3.8) is 0 Å². The molecule has 130 valence electrons. The van der Waals surface area contributed by atoms with Crippen LogP contribution < -0.4 is 10.1 Å². The number of halogens is 3. The molecule has 0 aliphatic carbocycles. The van der Waals surface area contributed by atoms with E-state index >= 15 is 0 Å². The molecule has 3 aromatic rings. The molecule has 0 saturated heterocycles. The molecule has 1 N–H and O–H groups in total. The van der Waals surface area contributed by atoms with Gasteiger partial charge < -0.3 is 10.1 Å². The molecule has 1 heterocycles. The van der Waals surface area contributed by atoms with Gasteiger partial charge >= 0.3 is 0 Å². The summed E-state index contributed by atoms with van der Waals surface area (Å²) in [4.78, 5) is 0. The van der Waals surface area contributed by atoms with Crippen LogP contribution in [0.5, 0.6) is 5.75 Å². The van der Waals surface area contributed by atoms with E-state index in [2.05, 4.69) is 20.8 Å². The molecule has 0 amide bonds. The molecule has 2 aromatic carbocycles. The van der Waals surface area contributed by atoms with Gasteiger partial charge in [0, 0.05) is 39.8 Å². The monoisotopic (exact) mass is 397 g/mol. The molecule has 25 heavy (non-hydrogen) atoms. The Morgan fingerprint density at radius 1 is 1.12 bits per heavy atom. The first-order valence-corrected chi connectivity index (χ1v) is 8.48. The number of hydrogen-bond acceptors (Lipinski definition) is 5. The molecule has 0 radical (unpaired) electrons. The summed E-state index contributed by atoms with van der Waals surface area (Å²) in [6.45, 7) is 0.693. The minimum atomic E-state index is 0.249. The molecule has 0 saturated carbocycles. The van der Waals surface area contributed by atoms with E-state index in [9.17, 15) is 0 Å². The summed E-state index contributed by atoms with van der Waals surface area (Å²) in [5, 5.41) is 16.1. The van der Waals surface area contributed by atoms with Gasteiger partial charge in [-0.2, -0.15) is 0 Å². The SMILES string of the molecule is Cn1nnnc1NCc1cc(Cl)ccc1OCc1c(Cl)cccc1Cl. The summed E-state index contributed by atoms with van der Waals surface area (Å²) >= 11 is 18.5. The minimum absolute atomic E-state index is 0.249. The molecule has 1 aromatic heterocycles. The fourth-order valence-electron chi connectivity index (χ4n) is 2.20. The number of hydrogen-bond donors (Lipinski definition) is 1. The Morgan fingerprint density at radius 3 is 2.56 bits per heavy atom. The molecule has 6 nitrogen and oxygen atoms in total. The molecule has 0 unspecified atom stereocenters. The predicted octanol–water partition coefficient (Wildman–Crippen LogP) is 4.36. The van der Waals surface area contributed by atoms with Crippen LogP contribution >= 0.6 is 34.8 Å². The predicted molar refractivity (Wildman–Crippen MR) is 98.4 cm³/mol. The maximum Gasteiger partial charge on any atom is 0.242 e. The average Bonchev–Trinajstić information content (AvgIpc) is 2.99. The number of nitrogens with zero attached hydrogens (tertiary/aromatic N) is 4. The maximum absolute atomic E-state index is 6.18. The third-order valence-electron chi connectivity index (χ3n) is 3.51. The van der Waals surface area contributed by atoms with Gasteiger partial charge in [0.1, 0.15) is 12.4 Å². The van der Waals surface area contributed by atoms with Crippen molar-refractivity contribution in [2.45, 2.75) is 13.2 Å². The van der Waals surface area contributed by atoms with Gasteiger partial charge in [-0.05, 0) is 40.8 Å². The summed E-state index contributed by atoms with van der Waals surface area (Å²) < 4.78 is 7.45. The molecular weight excluding hydrogens is 385 g/mol. The lowest BCUT2D eigenvalue weighted by Crippen LogP contribution is -2.08. The van der Waals surface area contributed by atoms with Crippen LogP contribution in [0, 0.1) is 0 Å². The van der Waals surface area contributed by atoms with Crippen molar-refractivity contribution in [3.8, 4) is 5.75 Å². The minimum Gasteiger partial charge on any atom is -0.488 e. The van der Waals surface area contributed by atoms with Gasteiger partial charge in [-0.15, -0.1) is 0 Å². The molecule has 3 rings (SSSR count). The number of aromatic nitrogens is 4. The first-order valence-electron chi connectivity index (χ1n) is 7.35. The largest absolute Gasteiger partial charge is 0.488 e. The highest BCUT2D eigenvalue weighted by Gasteiger charge is 2.10. The molecular formula is C16H14Cl3N5O. The lowest BCUT2D eigenvalue weighted by atomic mass is 10.2. The highest BCUT2D eigenvalue weighted by molar-refractivity contribution is 6.36. The Labute approximate surface area is 159 Å². The third kappa shape index (κ3) is 4.34. The standard InChI is InChI=1S/C16H14Cl3N5O/c1-24-16(21-22-23-24)20-8-10-7-11(17)5-6-15(10)25-9-12-13(18)3-2-4-14(12)19/h2-7H,8-9H2,1H3,(H,20,21,23). The Morgan fingerprint density at radius 2 is 1.88 bits per heavy atom. The van der Waals surface area contributed by atoms with Crippen molar-refractivity contribution in [2.24, 2.45) is 7.05 Å². The average molecular weight is 399 g/mol. The highest BCUT2D eigenvalue weighted by atomic mass is 35.5. The molecule has 9 heteroatoms. The van der Waals surface area contributed by atoms with Gasteiger partial charge in [0.15, 0.2) is 0 Å². The van der Waals surface area contributed by atoms with Gasteiger partial charge in [-0.1, -0.05) is 46.0 Å². The number of aryl methyl sites for hydroxylation is 1. The lowest BCUT2D eigenvalue weighted by Gasteiger charge is -2.14. The van der Waals surface area contributed by atoms with E-state index in [1.165, 1.54) is 4.68 Å². The molecule has 0 fully saturated rings. The zero-order valence-electron chi connectivity index (χ0n) is 13.2. The maximum atomic E-state index is 6.18. The van der Waals surface area contributed by atoms with Crippen LogP contribution in [0.3, 0.4) is 0 Å². The Hall–Kier alpha value is -2.02. The van der Waals surface area contributed by atoms with E-state index in [1.807, 2.05) is 6.07 Å². The third-order valence-corrected chi connectivity index (χ3v) is 4.46. The summed E-state index contributed by atoms with van der Waals surface area (Å²) in [5.41, 5.74) is 1.59. The zero-order chi connectivity index (χ0) is 17.8. The topological polar surface area (TPSA) is 64.9 Å². The molecule has 0 atom stereocenters. The fourth-order valence-corrected chi connectivity index (χ4v) is 2.90. The van der Waals surface area contributed by atoms with Gasteiger partial charge in [-0.3, -0.25) is 0 Å². The lowest BCUT2D eigenvalue weighted by molar-refractivity contribution is 0.303. The normalized spacial score (nSPS) is 10.7. The number of ether oxygens (including phenoxy) is 1. The fraction of sp³-hybridized carbons (Fsp3) is 0.188. The summed E-state index contributed by atoms with van der Waals surface area (Å²) in [7, 11) is 1.75. The van der Waals surface area contributed by atoms with Crippen molar-refractivity contribution < 1.29 is 4.74 Å². The van der Waals surface area contributed by atoms with Gasteiger partial charge in [0.25, 0.3) is 0 Å². The van der Waals surface area contributed by atoms with Crippen LogP contribution in [-0.4, -0.2) is 20.2 Å². The second-order valence-electron chi connectivity index (χ2n) is 5.22. The van der Waals surface area contributed by atoms with Crippen molar-refractivity contribution in [1.29, 1.82) is 0 Å². The summed E-state index contributed by atoms with van der Waals surface area (Å²) in [6.07, 6.45) is 0. The number of anilines is 1. The smallest absolute Gasteiger partial charge is 0.242 e. The van der Waals surface area contributed by atoms with Crippen LogP contribution in [0.2, 0.25) is 15.1 Å². The first kappa shape index (κ1) is 17.8. The van der Waals surface area contributed by atoms with E-state index in [1.54, 1.807) is 37.4 Å². The molecule has 0 aliphatic rings. The summed E-state index contributed by atoms with van der Waals surface area (Å²) in [5.74, 6) is 1.21. The van der Waals surface area contributed by atoms with Crippen molar-refractivity contribution in [2.75, 3.05) is 5.32 Å². The van der Waals surface area contributed by atoms with Gasteiger partial charge in [-0.25, -0.2) is 4.68 Å². The quantitative estimate of drug-likeness (QED) is 0.668. The van der Waals surface area contributed by atoms with E-state index < -0.39 is 0 Å². The van der Waals surface area contributed by atoms with Gasteiger partial charge in [0.05, 0.1) is 0 Å². The van der Waals surface area contributed by atoms with E-state index in [0.29, 0.717) is 33.3 Å². The van der Waals surface area contributed by atoms with Crippen molar-refractivity contribution in [3.05, 3.63) is 62.6 Å². The zero-order valence-corrected chi connectivity index (χ0v) is 15.5. The van der Waals surface area contributed by atoms with Crippen molar-refractivity contribution >= 4 is 40.8 Å². The van der Waals surface area contributed by atoms with Crippen LogP contribution in [-0.2, 0) is 20.2 Å². The van der Waals surface area contributed by atoms with E-state index in [-0.39, 0.29) is 6.61 Å². The van der Waals surface area contributed by atoms with Crippen LogP contribution in [0.1, 0.15) is 11.1 Å². The second kappa shape index (κ2) is 7.91. The number of nitrogens with one attached hydrogen (secondary N) is 1. The number of rotatable bonds is 6. The van der Waals surface area contributed by atoms with Crippen LogP contribution in [0.25, 0.3) is 0 Å². The molecule has 0 bridgehead atoms. The highest BCUT2D eigenvalue weighted by Crippen LogP contribution is 2.28. The molecule has 0 spiro atoms. The number of tetrazole rings is 1. The second-order valence-corrected chi connectivity index (χ2v) is 6.47. The van der Waals surface area contributed by atoms with E-state index in [0.717, 1.165) is 11.1 Å².